The second-order valence-electron chi connectivity index (χ2n) is 14.4. The number of esters is 3. The second-order valence-corrected chi connectivity index (χ2v) is 14.4. The molecule has 0 saturated heterocycles. The summed E-state index contributed by atoms with van der Waals surface area (Å²) in [5, 5.41) is 0. The second kappa shape index (κ2) is 47.0. The van der Waals surface area contributed by atoms with Crippen LogP contribution in [0.5, 0.6) is 0 Å². The summed E-state index contributed by atoms with van der Waals surface area (Å²) in [5.41, 5.74) is 0. The van der Waals surface area contributed by atoms with Crippen molar-refractivity contribution in [3.63, 3.8) is 0 Å². The van der Waals surface area contributed by atoms with Crippen molar-refractivity contribution in [2.75, 3.05) is 13.2 Å². The average Bonchev–Trinajstić information content (AvgIpc) is 3.24. The van der Waals surface area contributed by atoms with Crippen LogP contribution >= 0.6 is 0 Å². The Morgan fingerprint density at radius 1 is 0.350 bits per heavy atom. The maximum atomic E-state index is 12.7. The van der Waals surface area contributed by atoms with Gasteiger partial charge in [-0.3, -0.25) is 14.4 Å². The van der Waals surface area contributed by atoms with Crippen molar-refractivity contribution >= 4 is 17.9 Å². The summed E-state index contributed by atoms with van der Waals surface area (Å²) in [5.74, 6) is -1.07. The fourth-order valence-corrected chi connectivity index (χ4v) is 5.47. The SMILES string of the molecule is CC\C=C/C=C\C=C/C=C\C=C/CCCCCC(=O)OCC(COC(=O)CCC\C=C/C=C\C=C/C=C\C=C/CC)OC(=O)CCCCCCCCC/C=C\C/C=C\CC. The normalized spacial score (nSPS) is 13.4. The van der Waals surface area contributed by atoms with E-state index in [1.807, 2.05) is 103 Å². The molecule has 0 aliphatic heterocycles. The summed E-state index contributed by atoms with van der Waals surface area (Å²) < 4.78 is 16.6. The molecule has 0 amide bonds. The first-order valence-corrected chi connectivity index (χ1v) is 23.0. The Hall–Kier alpha value is -4.71. The van der Waals surface area contributed by atoms with Gasteiger partial charge in [0.25, 0.3) is 0 Å². The van der Waals surface area contributed by atoms with Crippen LogP contribution in [0.25, 0.3) is 0 Å². The summed E-state index contributed by atoms with van der Waals surface area (Å²) >= 11 is 0. The third kappa shape index (κ3) is 44.4. The van der Waals surface area contributed by atoms with E-state index in [2.05, 4.69) is 63.3 Å². The van der Waals surface area contributed by atoms with Crippen molar-refractivity contribution < 1.29 is 28.6 Å². The minimum absolute atomic E-state index is 0.133. The molecule has 0 rings (SSSR count). The molecule has 0 aliphatic rings. The molecule has 0 N–H and O–H groups in total. The highest BCUT2D eigenvalue weighted by molar-refractivity contribution is 5.71. The number of hydrogen-bond donors (Lipinski definition) is 0. The monoisotopic (exact) mass is 825 g/mol. The molecular weight excluding hydrogens is 745 g/mol. The number of ether oxygens (including phenoxy) is 3. The van der Waals surface area contributed by atoms with Gasteiger partial charge in [-0.15, -0.1) is 0 Å². The van der Waals surface area contributed by atoms with Gasteiger partial charge in [-0.1, -0.05) is 205 Å². The number of allylic oxidation sites excluding steroid dienone is 24. The van der Waals surface area contributed by atoms with E-state index in [1.54, 1.807) is 0 Å². The molecule has 60 heavy (non-hydrogen) atoms. The largest absolute Gasteiger partial charge is 0.462 e. The van der Waals surface area contributed by atoms with Crippen molar-refractivity contribution in [2.24, 2.45) is 0 Å². The van der Waals surface area contributed by atoms with E-state index in [-0.39, 0.29) is 50.4 Å². The Kier molecular flexibility index (Phi) is 43.3. The average molecular weight is 825 g/mol. The summed E-state index contributed by atoms with van der Waals surface area (Å²) in [4.78, 5) is 37.8. The van der Waals surface area contributed by atoms with Crippen LogP contribution in [-0.2, 0) is 28.6 Å². The lowest BCUT2D eigenvalue weighted by molar-refractivity contribution is -0.167. The summed E-state index contributed by atoms with van der Waals surface area (Å²) in [7, 11) is 0. The molecule has 1 atom stereocenters. The predicted molar refractivity (Wildman–Crippen MR) is 255 cm³/mol. The lowest BCUT2D eigenvalue weighted by atomic mass is 10.1. The predicted octanol–water partition coefficient (Wildman–Crippen LogP) is 14.9. The van der Waals surface area contributed by atoms with Crippen molar-refractivity contribution in [2.45, 2.75) is 162 Å². The van der Waals surface area contributed by atoms with Crippen LogP contribution in [0.1, 0.15) is 156 Å². The molecule has 0 saturated carbocycles. The Balaban J connectivity index is 4.63. The van der Waals surface area contributed by atoms with Crippen LogP contribution in [0.4, 0.5) is 0 Å². The zero-order valence-electron chi connectivity index (χ0n) is 37.6. The van der Waals surface area contributed by atoms with E-state index in [4.69, 9.17) is 14.2 Å². The molecule has 0 radical (unpaired) electrons. The van der Waals surface area contributed by atoms with Crippen LogP contribution < -0.4 is 0 Å². The third-order valence-corrected chi connectivity index (χ3v) is 8.83. The highest BCUT2D eigenvalue weighted by Gasteiger charge is 2.19. The van der Waals surface area contributed by atoms with Gasteiger partial charge in [0.2, 0.25) is 0 Å². The Bertz CT molecular complexity index is 1410. The molecule has 0 aromatic carbocycles. The van der Waals surface area contributed by atoms with Gasteiger partial charge in [-0.25, -0.2) is 0 Å². The van der Waals surface area contributed by atoms with E-state index in [0.29, 0.717) is 12.8 Å². The maximum Gasteiger partial charge on any atom is 0.306 e. The van der Waals surface area contributed by atoms with Crippen molar-refractivity contribution in [1.29, 1.82) is 0 Å². The van der Waals surface area contributed by atoms with Crippen LogP contribution in [0.15, 0.2) is 146 Å². The molecule has 0 bridgehead atoms. The molecule has 0 aromatic heterocycles. The number of carbonyl (C=O) groups is 3. The van der Waals surface area contributed by atoms with Crippen LogP contribution in [-0.4, -0.2) is 37.2 Å². The van der Waals surface area contributed by atoms with Gasteiger partial charge < -0.3 is 14.2 Å². The first-order valence-electron chi connectivity index (χ1n) is 23.0. The summed E-state index contributed by atoms with van der Waals surface area (Å²) in [6.07, 6.45) is 66.9. The molecule has 6 nitrogen and oxygen atoms in total. The molecule has 0 heterocycles. The van der Waals surface area contributed by atoms with Crippen LogP contribution in [0.2, 0.25) is 0 Å². The van der Waals surface area contributed by atoms with Gasteiger partial charge in [0.15, 0.2) is 6.10 Å². The fraction of sp³-hybridized carbons (Fsp3) is 0.500. The molecule has 6 heteroatoms. The Labute approximate surface area is 366 Å². The molecule has 0 spiro atoms. The Morgan fingerprint density at radius 3 is 1.20 bits per heavy atom. The van der Waals surface area contributed by atoms with Crippen molar-refractivity contribution in [3.05, 3.63) is 146 Å². The molecule has 0 aromatic rings. The third-order valence-electron chi connectivity index (χ3n) is 8.83. The molecule has 332 valence electrons. The highest BCUT2D eigenvalue weighted by Crippen LogP contribution is 2.12. The quantitative estimate of drug-likeness (QED) is 0.0203. The first-order chi connectivity index (χ1) is 29.5. The van der Waals surface area contributed by atoms with Gasteiger partial charge in [0, 0.05) is 19.3 Å². The number of rotatable bonds is 38. The molecule has 1 unspecified atom stereocenters. The maximum absolute atomic E-state index is 12.7. The zero-order chi connectivity index (χ0) is 43.7. The van der Waals surface area contributed by atoms with Crippen LogP contribution in [0.3, 0.4) is 0 Å². The Morgan fingerprint density at radius 2 is 0.700 bits per heavy atom. The molecule has 0 fully saturated rings. The number of unbranched alkanes of at least 4 members (excludes halogenated alkanes) is 11. The van der Waals surface area contributed by atoms with Gasteiger partial charge in [0.05, 0.1) is 0 Å². The van der Waals surface area contributed by atoms with E-state index < -0.39 is 6.10 Å². The zero-order valence-corrected chi connectivity index (χ0v) is 37.6. The fourth-order valence-electron chi connectivity index (χ4n) is 5.47. The summed E-state index contributed by atoms with van der Waals surface area (Å²) in [6, 6.07) is 0. The summed E-state index contributed by atoms with van der Waals surface area (Å²) in [6.45, 7) is 6.09. The van der Waals surface area contributed by atoms with E-state index in [0.717, 1.165) is 83.5 Å². The highest BCUT2D eigenvalue weighted by atomic mass is 16.6. The van der Waals surface area contributed by atoms with Crippen molar-refractivity contribution in [3.8, 4) is 0 Å². The van der Waals surface area contributed by atoms with Crippen LogP contribution in [0, 0.1) is 0 Å². The van der Waals surface area contributed by atoms with E-state index in [1.165, 1.54) is 19.3 Å². The molecular formula is C54H80O6. The van der Waals surface area contributed by atoms with Gasteiger partial charge >= 0.3 is 17.9 Å². The van der Waals surface area contributed by atoms with E-state index in [9.17, 15) is 14.4 Å². The van der Waals surface area contributed by atoms with Gasteiger partial charge in [0.1, 0.15) is 13.2 Å². The molecule has 0 aliphatic carbocycles. The first kappa shape index (κ1) is 55.3. The lowest BCUT2D eigenvalue weighted by Gasteiger charge is -2.18. The lowest BCUT2D eigenvalue weighted by Crippen LogP contribution is -2.30. The smallest absolute Gasteiger partial charge is 0.306 e. The van der Waals surface area contributed by atoms with Crippen molar-refractivity contribution in [1.82, 2.24) is 0 Å². The van der Waals surface area contributed by atoms with Gasteiger partial charge in [-0.05, 0) is 77.0 Å². The topological polar surface area (TPSA) is 78.9 Å². The number of hydrogen-bond acceptors (Lipinski definition) is 6. The standard InChI is InChI=1S/C54H80O6/c1-4-7-10-13-16-19-22-25-27-30-32-35-38-41-44-47-53(56)59-50-51(49-58-52(55)46-43-40-37-34-31-28-24-21-18-15-12-9-6-3)60-54(57)48-45-42-39-36-33-29-26-23-20-17-14-11-8-5-2/h7-13,15-22,24-25,27-28,30-32,34,37,51H,4-6,14,23,26,29,33,35-36,38-50H2,1-3H3/b10-7-,11-8-,12-9-,16-13-,18-15-,20-17-,22-19-,24-21-,27-25-,31-28-,32-30-,37-34-. The minimum atomic E-state index is -0.834. The van der Waals surface area contributed by atoms with Gasteiger partial charge in [-0.2, -0.15) is 0 Å². The van der Waals surface area contributed by atoms with E-state index >= 15 is 0 Å². The minimum Gasteiger partial charge on any atom is -0.462 e. The number of carbonyl (C=O) groups excluding carboxylic acids is 3.